The fourth-order valence-electron chi connectivity index (χ4n) is 8.44. The van der Waals surface area contributed by atoms with Gasteiger partial charge >= 0.3 is 18.3 Å². The van der Waals surface area contributed by atoms with Crippen LogP contribution < -0.4 is 30.1 Å². The van der Waals surface area contributed by atoms with E-state index in [1.807, 2.05) is 31.2 Å². The van der Waals surface area contributed by atoms with Crippen LogP contribution in [0.3, 0.4) is 0 Å². The van der Waals surface area contributed by atoms with Crippen LogP contribution in [0.1, 0.15) is 65.3 Å². The molecule has 94 heavy (non-hydrogen) atoms. The van der Waals surface area contributed by atoms with Crippen molar-refractivity contribution in [2.24, 2.45) is 21.1 Å². The van der Waals surface area contributed by atoms with Gasteiger partial charge in [0.25, 0.3) is 0 Å². The van der Waals surface area contributed by atoms with Gasteiger partial charge in [0.1, 0.15) is 36.1 Å². The van der Waals surface area contributed by atoms with Gasteiger partial charge in [-0.25, -0.2) is 81.8 Å². The summed E-state index contributed by atoms with van der Waals surface area (Å²) in [6.07, 6.45) is -0.0381. The van der Waals surface area contributed by atoms with Crippen molar-refractivity contribution in [2.75, 3.05) is 48.9 Å². The number of rotatable bonds is 18. The first kappa shape index (κ1) is 71.1. The Kier molecular flexibility index (Phi) is 22.7. The Hall–Kier alpha value is -10.3. The Bertz CT molecular complexity index is 4670. The van der Waals surface area contributed by atoms with Crippen LogP contribution >= 0.6 is 11.6 Å². The van der Waals surface area contributed by atoms with E-state index in [2.05, 4.69) is 76.0 Å². The SMILES string of the molecule is C[C@@H](OC(=O)Nc1c(-c2ncc(NS(C)(=O)=O)cc2F)nnn1C)c1ccccc1Cl.Cc1cc(F)c([C@@H](C)OC(=O)Nc2c(-c3ccc(NS(C)(=O)=O)c(C)n3)nnn2C)cc1F.Cc1cccc(COC(=O)Nc2c(-c3ccc(NS(C)(=O)=O)c(C)n3)nnn2C)c1. The molecule has 0 fully saturated rings. The zero-order chi connectivity index (χ0) is 69.1. The molecule has 0 bridgehead atoms. The van der Waals surface area contributed by atoms with Gasteiger partial charge in [0.05, 0.1) is 64.8 Å². The lowest BCUT2D eigenvalue weighted by molar-refractivity contribution is 0.118. The van der Waals surface area contributed by atoms with Gasteiger partial charge in [0.15, 0.2) is 40.4 Å². The van der Waals surface area contributed by atoms with E-state index in [4.69, 9.17) is 25.8 Å². The minimum absolute atomic E-state index is 0.0339. The molecule has 0 saturated heterocycles. The van der Waals surface area contributed by atoms with Gasteiger partial charge in [0.2, 0.25) is 30.1 Å². The maximum atomic E-state index is 14.6. The van der Waals surface area contributed by atoms with E-state index in [9.17, 15) is 52.8 Å². The number of nitrogens with one attached hydrogen (secondary N) is 6. The highest BCUT2D eigenvalue weighted by Crippen LogP contribution is 2.32. The van der Waals surface area contributed by atoms with E-state index in [0.717, 1.165) is 54.3 Å². The minimum Gasteiger partial charge on any atom is -0.444 e. The zero-order valence-electron chi connectivity index (χ0n) is 52.1. The fourth-order valence-corrected chi connectivity index (χ4v) is 10.5. The largest absolute Gasteiger partial charge is 0.444 e. The number of sulfonamides is 3. The van der Waals surface area contributed by atoms with Crippen molar-refractivity contribution in [1.29, 1.82) is 0 Å². The summed E-state index contributed by atoms with van der Waals surface area (Å²) in [5.74, 6) is -1.70. The number of anilines is 6. The molecule has 2 atom stereocenters. The molecule has 9 rings (SSSR count). The Labute approximate surface area is 542 Å². The number of amides is 3. The maximum Gasteiger partial charge on any atom is 0.413 e. The summed E-state index contributed by atoms with van der Waals surface area (Å²) in [5.41, 5.74) is 4.99. The van der Waals surface area contributed by atoms with E-state index in [1.54, 1.807) is 64.2 Å². The number of ether oxygens (including phenoxy) is 3. The number of nitrogens with zero attached hydrogens (tertiary/aromatic N) is 12. The van der Waals surface area contributed by atoms with Crippen LogP contribution in [-0.4, -0.2) is 122 Å². The smallest absolute Gasteiger partial charge is 0.413 e. The molecular formula is C57H62ClF3N18O12S3. The van der Waals surface area contributed by atoms with Crippen LogP contribution in [-0.2, 0) is 72.0 Å². The van der Waals surface area contributed by atoms with Crippen LogP contribution in [0.4, 0.5) is 62.1 Å². The van der Waals surface area contributed by atoms with Crippen molar-refractivity contribution in [3.63, 3.8) is 0 Å². The Morgan fingerprint density at radius 1 is 0.543 bits per heavy atom. The summed E-state index contributed by atoms with van der Waals surface area (Å²) in [6.45, 7) is 9.84. The van der Waals surface area contributed by atoms with Crippen LogP contribution in [0, 0.1) is 45.1 Å². The van der Waals surface area contributed by atoms with Crippen LogP contribution in [0.25, 0.3) is 34.2 Å². The number of benzene rings is 3. The standard InChI is InChI=1S/C20H22F2N6O4S.C19H22N6O4S.C18H18ClFN6O4S/c1-10-8-15(22)13(9-14(10)21)12(3)32-20(29)24-19-18(25-27-28(19)4)17-7-6-16(11(2)23-17)26-33(5,30)31;1-12-6-5-7-14(10-12)11-29-19(26)21-18-17(22-24-25(18)3)16-9-8-15(13(2)20-16)23-30(4,27)28;1-10(12-6-4-5-7-13(12)19)30-18(27)22-17-16(23-25-26(17)2)15-14(20)8-11(9-21-15)24-31(3,28)29/h6-9,12,26H,1-5H3,(H,24,29);5-10,23H,11H2,1-4H3,(H,21,26);4-10,24H,1-3H3,(H,22,27)/t12-;;10-/m1.1/s1. The zero-order valence-corrected chi connectivity index (χ0v) is 55.3. The van der Waals surface area contributed by atoms with E-state index in [1.165, 1.54) is 54.1 Å². The van der Waals surface area contributed by atoms with Gasteiger partial charge in [-0.1, -0.05) is 75.3 Å². The van der Waals surface area contributed by atoms with Crippen LogP contribution in [0.5, 0.6) is 0 Å². The van der Waals surface area contributed by atoms with Gasteiger partial charge in [0, 0.05) is 43.4 Å². The van der Waals surface area contributed by atoms with Crippen molar-refractivity contribution in [1.82, 2.24) is 59.9 Å². The Morgan fingerprint density at radius 2 is 1.02 bits per heavy atom. The molecule has 0 aliphatic heterocycles. The summed E-state index contributed by atoms with van der Waals surface area (Å²) < 4.78 is 138. The second-order valence-electron chi connectivity index (χ2n) is 20.7. The Balaban J connectivity index is 0.000000200. The molecule has 0 radical (unpaired) electrons. The third-order valence-electron chi connectivity index (χ3n) is 12.8. The van der Waals surface area contributed by atoms with Crippen molar-refractivity contribution >= 4 is 94.5 Å². The third-order valence-corrected chi connectivity index (χ3v) is 15.0. The highest BCUT2D eigenvalue weighted by molar-refractivity contribution is 7.92. The quantitative estimate of drug-likeness (QED) is 0.0435. The first-order valence-electron chi connectivity index (χ1n) is 27.4. The average molecular weight is 1380 g/mol. The second kappa shape index (κ2) is 30.0. The molecule has 0 unspecified atom stereocenters. The Morgan fingerprint density at radius 3 is 1.50 bits per heavy atom. The van der Waals surface area contributed by atoms with Crippen molar-refractivity contribution < 1.29 is 67.0 Å². The molecule has 30 nitrogen and oxygen atoms in total. The van der Waals surface area contributed by atoms with Crippen molar-refractivity contribution in [2.45, 2.75) is 60.4 Å². The molecule has 37 heteroatoms. The number of carbonyl (C=O) groups excluding carboxylic acids is 3. The molecule has 0 saturated carbocycles. The number of hydrogen-bond donors (Lipinski definition) is 6. The molecule has 6 heterocycles. The fraction of sp³-hybridized carbons (Fsp3) is 0.263. The first-order chi connectivity index (χ1) is 44.0. The number of aromatic nitrogens is 12. The van der Waals surface area contributed by atoms with E-state index < -0.39 is 78.0 Å². The predicted octanol–water partition coefficient (Wildman–Crippen LogP) is 9.42. The molecule has 3 amide bonds. The summed E-state index contributed by atoms with van der Waals surface area (Å²) in [7, 11) is -5.87. The molecule has 3 aromatic carbocycles. The summed E-state index contributed by atoms with van der Waals surface area (Å²) in [6, 6.07) is 23.7. The highest BCUT2D eigenvalue weighted by atomic mass is 35.5. The van der Waals surface area contributed by atoms with Crippen molar-refractivity contribution in [3.05, 3.63) is 159 Å². The number of aryl methyl sites for hydroxylation is 7. The molecule has 0 aliphatic carbocycles. The van der Waals surface area contributed by atoms with Gasteiger partial charge in [-0.3, -0.25) is 30.1 Å². The lowest BCUT2D eigenvalue weighted by atomic mass is 10.1. The predicted molar refractivity (Wildman–Crippen MR) is 342 cm³/mol. The van der Waals surface area contributed by atoms with Gasteiger partial charge in [-0.05, 0) is 95.1 Å². The van der Waals surface area contributed by atoms with Gasteiger partial charge < -0.3 is 14.2 Å². The molecule has 0 spiro atoms. The lowest BCUT2D eigenvalue weighted by Crippen LogP contribution is -2.19. The maximum absolute atomic E-state index is 14.6. The molecular weight excluding hydrogens is 1320 g/mol. The topological polar surface area (TPSA) is 384 Å². The molecule has 0 aliphatic rings. The van der Waals surface area contributed by atoms with E-state index >= 15 is 0 Å². The van der Waals surface area contributed by atoms with Crippen LogP contribution in [0.2, 0.25) is 5.02 Å². The monoisotopic (exact) mass is 1380 g/mol. The molecule has 9 aromatic rings. The number of pyridine rings is 3. The summed E-state index contributed by atoms with van der Waals surface area (Å²) in [4.78, 5) is 49.7. The lowest BCUT2D eigenvalue weighted by Gasteiger charge is -2.16. The molecule has 6 aromatic heterocycles. The number of carbonyl (C=O) groups is 3. The summed E-state index contributed by atoms with van der Waals surface area (Å²) >= 11 is 6.12. The first-order valence-corrected chi connectivity index (χ1v) is 33.5. The average Bonchev–Trinajstić information content (AvgIpc) is 1.58. The highest BCUT2D eigenvalue weighted by Gasteiger charge is 2.26. The second-order valence-corrected chi connectivity index (χ2v) is 26.4. The van der Waals surface area contributed by atoms with Crippen LogP contribution in [0.15, 0.2) is 97.2 Å². The molecule has 498 valence electrons. The number of halogens is 4. The molecule has 6 N–H and O–H groups in total. The van der Waals surface area contributed by atoms with Gasteiger partial charge in [-0.15, -0.1) is 15.3 Å². The van der Waals surface area contributed by atoms with Gasteiger partial charge in [-0.2, -0.15) is 0 Å². The summed E-state index contributed by atoms with van der Waals surface area (Å²) in [5, 5.41) is 31.5. The minimum atomic E-state index is -3.60. The van der Waals surface area contributed by atoms with E-state index in [0.29, 0.717) is 56.2 Å². The van der Waals surface area contributed by atoms with Crippen molar-refractivity contribution in [3.8, 4) is 34.2 Å². The third kappa shape index (κ3) is 19.6. The number of hydrogen-bond acceptors (Lipinski definition) is 21. The van der Waals surface area contributed by atoms with E-state index in [-0.39, 0.29) is 52.1 Å². The normalized spacial score (nSPS) is 12.0.